The number of carboxylic acid groups (broad SMARTS) is 1. The molecule has 1 aromatic rings. The first kappa shape index (κ1) is 11.6. The lowest BCUT2D eigenvalue weighted by Gasteiger charge is -2.34. The first-order valence-corrected chi connectivity index (χ1v) is 5.66. The highest BCUT2D eigenvalue weighted by Crippen LogP contribution is 2.34. The van der Waals surface area contributed by atoms with E-state index >= 15 is 0 Å². The Morgan fingerprint density at radius 3 is 2.29 bits per heavy atom. The minimum Gasteiger partial charge on any atom is -0.479 e. The molecule has 0 fully saturated rings. The molecule has 0 saturated carbocycles. The van der Waals surface area contributed by atoms with Crippen LogP contribution >= 0.6 is 0 Å². The van der Waals surface area contributed by atoms with E-state index in [4.69, 9.17) is 0 Å². The number of likely N-dealkylation sites (N-methyl/N-ethyl adjacent to an activating group) is 1. The monoisotopic (exact) mass is 233 g/mol. The van der Waals surface area contributed by atoms with Crippen LogP contribution in [-0.4, -0.2) is 34.5 Å². The van der Waals surface area contributed by atoms with E-state index in [1.54, 1.807) is 6.92 Å². The van der Waals surface area contributed by atoms with Gasteiger partial charge in [0, 0.05) is 19.4 Å². The summed E-state index contributed by atoms with van der Waals surface area (Å²) in [6, 6.07) is 7.65. The van der Waals surface area contributed by atoms with Gasteiger partial charge in [-0.15, -0.1) is 0 Å². The highest BCUT2D eigenvalue weighted by molar-refractivity contribution is 5.84. The maximum absolute atomic E-state index is 11.6. The minimum atomic E-state index is -1.10. The molecule has 0 unspecified atom stereocenters. The molecule has 0 bridgehead atoms. The standard InChI is InChI=1S/C13H15NO3/c1-2-14(9-15)13(12(16)17)7-10-5-3-4-6-11(10)8-13/h3-6,9H,2,7-8H2,1H3,(H,16,17). The summed E-state index contributed by atoms with van der Waals surface area (Å²) in [7, 11) is 0. The molecule has 1 aromatic carbocycles. The van der Waals surface area contributed by atoms with Crippen molar-refractivity contribution in [2.24, 2.45) is 0 Å². The molecule has 2 rings (SSSR count). The van der Waals surface area contributed by atoms with E-state index in [1.165, 1.54) is 4.90 Å². The van der Waals surface area contributed by atoms with Crippen molar-refractivity contribution in [1.82, 2.24) is 4.90 Å². The van der Waals surface area contributed by atoms with Crippen LogP contribution in [0, 0.1) is 0 Å². The van der Waals surface area contributed by atoms with Crippen LogP contribution in [0.3, 0.4) is 0 Å². The Bertz CT molecular complexity index is 431. The van der Waals surface area contributed by atoms with Gasteiger partial charge in [0.05, 0.1) is 0 Å². The van der Waals surface area contributed by atoms with Crippen molar-refractivity contribution in [3.05, 3.63) is 35.4 Å². The zero-order valence-electron chi connectivity index (χ0n) is 9.72. The lowest BCUT2D eigenvalue weighted by Crippen LogP contribution is -2.55. The summed E-state index contributed by atoms with van der Waals surface area (Å²) in [4.78, 5) is 24.0. The fourth-order valence-electron chi connectivity index (χ4n) is 2.55. The van der Waals surface area contributed by atoms with Gasteiger partial charge in [0.15, 0.2) is 0 Å². The quantitative estimate of drug-likeness (QED) is 0.792. The fraction of sp³-hybridized carbons (Fsp3) is 0.385. The van der Waals surface area contributed by atoms with Gasteiger partial charge in [-0.05, 0) is 18.1 Å². The van der Waals surface area contributed by atoms with E-state index in [0.717, 1.165) is 11.1 Å². The molecule has 0 aliphatic heterocycles. The van der Waals surface area contributed by atoms with Crippen LogP contribution < -0.4 is 0 Å². The summed E-state index contributed by atoms with van der Waals surface area (Å²) in [6.45, 7) is 2.20. The number of nitrogens with zero attached hydrogens (tertiary/aromatic N) is 1. The Kier molecular flexibility index (Phi) is 2.88. The lowest BCUT2D eigenvalue weighted by atomic mass is 9.94. The summed E-state index contributed by atoms with van der Waals surface area (Å²) in [5.41, 5.74) is 0.950. The smallest absolute Gasteiger partial charge is 0.330 e. The SMILES string of the molecule is CCN(C=O)C1(C(=O)O)Cc2ccccc2C1. The minimum absolute atomic E-state index is 0.394. The molecule has 17 heavy (non-hydrogen) atoms. The van der Waals surface area contributed by atoms with Crippen molar-refractivity contribution in [1.29, 1.82) is 0 Å². The van der Waals surface area contributed by atoms with E-state index < -0.39 is 11.5 Å². The van der Waals surface area contributed by atoms with Gasteiger partial charge in [-0.3, -0.25) is 4.79 Å². The van der Waals surface area contributed by atoms with Crippen LogP contribution in [0.5, 0.6) is 0 Å². The molecule has 0 atom stereocenters. The van der Waals surface area contributed by atoms with Crippen LogP contribution in [0.2, 0.25) is 0 Å². The average Bonchev–Trinajstić information content (AvgIpc) is 2.71. The molecule has 0 radical (unpaired) electrons. The van der Waals surface area contributed by atoms with Crippen molar-refractivity contribution < 1.29 is 14.7 Å². The van der Waals surface area contributed by atoms with E-state index in [1.807, 2.05) is 24.3 Å². The summed E-state index contributed by atoms with van der Waals surface area (Å²) >= 11 is 0. The molecule has 4 nitrogen and oxygen atoms in total. The summed E-state index contributed by atoms with van der Waals surface area (Å²) in [5, 5.41) is 9.47. The topological polar surface area (TPSA) is 57.6 Å². The molecule has 1 aliphatic rings. The molecule has 4 heteroatoms. The maximum Gasteiger partial charge on any atom is 0.330 e. The van der Waals surface area contributed by atoms with Gasteiger partial charge >= 0.3 is 5.97 Å². The fourth-order valence-corrected chi connectivity index (χ4v) is 2.55. The van der Waals surface area contributed by atoms with Crippen molar-refractivity contribution in [2.75, 3.05) is 6.54 Å². The average molecular weight is 233 g/mol. The molecular formula is C13H15NO3. The number of carbonyl (C=O) groups excluding carboxylic acids is 1. The summed E-state index contributed by atoms with van der Waals surface area (Å²) < 4.78 is 0. The second-order valence-corrected chi connectivity index (χ2v) is 4.35. The molecular weight excluding hydrogens is 218 g/mol. The van der Waals surface area contributed by atoms with Crippen LogP contribution in [0.25, 0.3) is 0 Å². The Morgan fingerprint density at radius 1 is 1.41 bits per heavy atom. The third-order valence-electron chi connectivity index (χ3n) is 3.50. The molecule has 1 aliphatic carbocycles. The number of benzene rings is 1. The van der Waals surface area contributed by atoms with Gasteiger partial charge in [-0.25, -0.2) is 4.79 Å². The number of carbonyl (C=O) groups is 2. The zero-order chi connectivity index (χ0) is 12.5. The number of carboxylic acids is 1. The van der Waals surface area contributed by atoms with Gasteiger partial charge in [0.25, 0.3) is 0 Å². The van der Waals surface area contributed by atoms with Crippen LogP contribution in [-0.2, 0) is 22.4 Å². The second-order valence-electron chi connectivity index (χ2n) is 4.35. The van der Waals surface area contributed by atoms with Gasteiger partial charge < -0.3 is 10.0 Å². The number of hydrogen-bond donors (Lipinski definition) is 1. The first-order chi connectivity index (χ1) is 8.14. The molecule has 0 spiro atoms. The lowest BCUT2D eigenvalue weighted by molar-refractivity contribution is -0.154. The van der Waals surface area contributed by atoms with E-state index in [9.17, 15) is 14.7 Å². The summed E-state index contributed by atoms with van der Waals surface area (Å²) in [6.07, 6.45) is 1.43. The highest BCUT2D eigenvalue weighted by atomic mass is 16.4. The molecule has 1 N–H and O–H groups in total. The second kappa shape index (κ2) is 4.20. The van der Waals surface area contributed by atoms with Gasteiger partial charge in [0.1, 0.15) is 5.54 Å². The van der Waals surface area contributed by atoms with Gasteiger partial charge in [0.2, 0.25) is 6.41 Å². The van der Waals surface area contributed by atoms with E-state index in [2.05, 4.69) is 0 Å². The molecule has 90 valence electrons. The predicted octanol–water partition coefficient (Wildman–Crippen LogP) is 1.09. The first-order valence-electron chi connectivity index (χ1n) is 5.66. The zero-order valence-corrected chi connectivity index (χ0v) is 9.72. The Morgan fingerprint density at radius 2 is 1.94 bits per heavy atom. The predicted molar refractivity (Wildman–Crippen MR) is 62.7 cm³/mol. The maximum atomic E-state index is 11.6. The third kappa shape index (κ3) is 1.69. The number of fused-ring (bicyclic) bond motifs is 1. The van der Waals surface area contributed by atoms with Crippen LogP contribution in [0.15, 0.2) is 24.3 Å². The van der Waals surface area contributed by atoms with Crippen molar-refractivity contribution in [2.45, 2.75) is 25.3 Å². The molecule has 0 heterocycles. The Hall–Kier alpha value is -1.84. The van der Waals surface area contributed by atoms with Crippen molar-refractivity contribution >= 4 is 12.4 Å². The number of aliphatic carboxylic acids is 1. The van der Waals surface area contributed by atoms with Gasteiger partial charge in [-0.2, -0.15) is 0 Å². The third-order valence-corrected chi connectivity index (χ3v) is 3.50. The van der Waals surface area contributed by atoms with Gasteiger partial charge in [-0.1, -0.05) is 24.3 Å². The van der Waals surface area contributed by atoms with E-state index in [-0.39, 0.29) is 0 Å². The number of hydrogen-bond acceptors (Lipinski definition) is 2. The van der Waals surface area contributed by atoms with Crippen LogP contribution in [0.1, 0.15) is 18.1 Å². The Balaban J connectivity index is 2.42. The Labute approximate surface area is 99.9 Å². The largest absolute Gasteiger partial charge is 0.479 e. The molecule has 1 amide bonds. The molecule has 0 aromatic heterocycles. The number of rotatable bonds is 4. The van der Waals surface area contributed by atoms with Crippen molar-refractivity contribution in [3.63, 3.8) is 0 Å². The van der Waals surface area contributed by atoms with Crippen LogP contribution in [0.4, 0.5) is 0 Å². The molecule has 0 saturated heterocycles. The van der Waals surface area contributed by atoms with Crippen molar-refractivity contribution in [3.8, 4) is 0 Å². The highest BCUT2D eigenvalue weighted by Gasteiger charge is 2.47. The summed E-state index contributed by atoms with van der Waals surface area (Å²) in [5.74, 6) is -0.928. The normalized spacial score (nSPS) is 16.3. The number of amides is 1. The van der Waals surface area contributed by atoms with E-state index in [0.29, 0.717) is 25.8 Å².